The minimum atomic E-state index is -0.913. The van der Waals surface area contributed by atoms with E-state index < -0.39 is 18.6 Å². The summed E-state index contributed by atoms with van der Waals surface area (Å²) in [6, 6.07) is 23.6. The number of aliphatic hydroxyl groups is 1. The first-order valence-electron chi connectivity index (χ1n) is 13.6. The first-order valence-corrected chi connectivity index (χ1v) is 14.3. The molecule has 9 nitrogen and oxygen atoms in total. The average Bonchev–Trinajstić information content (AvgIpc) is 3.49. The molecule has 12 heteroatoms. The Balaban J connectivity index is 0.00000442. The Morgan fingerprint density at radius 2 is 1.68 bits per heavy atom. The molecule has 0 aliphatic rings. The molecule has 0 aliphatic carbocycles. The van der Waals surface area contributed by atoms with E-state index in [4.69, 9.17) is 42.0 Å². The smallest absolute Gasteiger partial charge is 0.325 e. The second kappa shape index (κ2) is 15.7. The van der Waals surface area contributed by atoms with Gasteiger partial charge in [-0.1, -0.05) is 77.8 Å². The summed E-state index contributed by atoms with van der Waals surface area (Å²) in [5.41, 5.74) is 5.43. The van der Waals surface area contributed by atoms with Gasteiger partial charge in [-0.2, -0.15) is 0 Å². The minimum Gasteiger partial charge on any atom is -0.488 e. The maximum absolute atomic E-state index is 12.2. The number of nitrogens with zero attached hydrogens (tertiary/aromatic N) is 2. The van der Waals surface area contributed by atoms with Gasteiger partial charge in [-0.25, -0.2) is 4.63 Å². The van der Waals surface area contributed by atoms with Crippen LogP contribution in [0.5, 0.6) is 11.5 Å². The number of rotatable bonds is 13. The third-order valence-electron chi connectivity index (χ3n) is 6.67. The lowest BCUT2D eigenvalue weighted by molar-refractivity contribution is -0.146. The summed E-state index contributed by atoms with van der Waals surface area (Å²) in [7, 11) is 0. The maximum Gasteiger partial charge on any atom is 0.325 e. The number of carbonyl (C=O) groups is 1. The number of hydrogen-bond acceptors (Lipinski definition) is 9. The van der Waals surface area contributed by atoms with E-state index in [0.717, 1.165) is 22.3 Å². The molecular formula is C32H30Cl3N3O6. The fraction of sp³-hybridized carbons (Fsp3) is 0.219. The van der Waals surface area contributed by atoms with Crippen LogP contribution in [0.4, 0.5) is 0 Å². The molecule has 1 heterocycles. The molecule has 0 saturated carbocycles. The quantitative estimate of drug-likeness (QED) is 0.132. The van der Waals surface area contributed by atoms with E-state index in [-0.39, 0.29) is 38.8 Å². The van der Waals surface area contributed by atoms with Gasteiger partial charge in [0.15, 0.2) is 0 Å². The molecule has 1 unspecified atom stereocenters. The highest BCUT2D eigenvalue weighted by atomic mass is 35.5. The Morgan fingerprint density at radius 3 is 2.45 bits per heavy atom. The van der Waals surface area contributed by atoms with Crippen molar-refractivity contribution < 1.29 is 28.7 Å². The molecule has 44 heavy (non-hydrogen) atoms. The standard InChI is InChI=1S/C32H29Cl2N3O6.ClH/c1-2-40-32(39)28(17-38)35-16-23-14-25(33)30(15-29(23)41-18-20-11-12-26-27(13-20)37-43-36-26)42-19-22-9-6-10-24(31(22)34)21-7-4-3-5-8-21;/h3-15,28,35,38H,2,16-19H2,1H3;1H. The van der Waals surface area contributed by atoms with Gasteiger partial charge in [-0.15, -0.1) is 12.4 Å². The van der Waals surface area contributed by atoms with Gasteiger partial charge in [0.05, 0.1) is 23.3 Å². The molecule has 5 aromatic rings. The molecule has 2 N–H and O–H groups in total. The predicted molar refractivity (Wildman–Crippen MR) is 170 cm³/mol. The van der Waals surface area contributed by atoms with Crippen molar-refractivity contribution in [2.45, 2.75) is 32.7 Å². The highest BCUT2D eigenvalue weighted by Gasteiger charge is 2.20. The van der Waals surface area contributed by atoms with E-state index in [1.165, 1.54) is 0 Å². The van der Waals surface area contributed by atoms with Gasteiger partial charge < -0.3 is 19.3 Å². The van der Waals surface area contributed by atoms with Crippen LogP contribution in [0.3, 0.4) is 0 Å². The molecule has 4 aromatic carbocycles. The van der Waals surface area contributed by atoms with Crippen molar-refractivity contribution in [3.63, 3.8) is 0 Å². The number of halogens is 3. The molecule has 5 rings (SSSR count). The van der Waals surface area contributed by atoms with Gasteiger partial charge in [-0.05, 0) is 46.6 Å². The number of aliphatic hydroxyl groups excluding tert-OH is 1. The van der Waals surface area contributed by atoms with Crippen molar-refractivity contribution in [3.8, 4) is 22.6 Å². The lowest BCUT2D eigenvalue weighted by Gasteiger charge is -2.19. The van der Waals surface area contributed by atoms with Crippen LogP contribution in [0.15, 0.2) is 83.5 Å². The zero-order chi connectivity index (χ0) is 30.2. The van der Waals surface area contributed by atoms with Crippen molar-refractivity contribution in [2.75, 3.05) is 13.2 Å². The minimum absolute atomic E-state index is 0. The van der Waals surface area contributed by atoms with Gasteiger partial charge in [-0.3, -0.25) is 10.1 Å². The predicted octanol–water partition coefficient (Wildman–Crippen LogP) is 6.79. The molecule has 0 fully saturated rings. The van der Waals surface area contributed by atoms with Gasteiger partial charge in [0.2, 0.25) is 0 Å². The molecule has 0 saturated heterocycles. The SMILES string of the molecule is CCOC(=O)C(CO)NCc1cc(Cl)c(OCc2cccc(-c3ccccc3)c2Cl)cc1OCc1ccc2nonc2c1.Cl. The van der Waals surface area contributed by atoms with E-state index in [2.05, 4.69) is 15.6 Å². The third-order valence-corrected chi connectivity index (χ3v) is 7.41. The molecule has 1 atom stereocenters. The second-order valence-electron chi connectivity index (χ2n) is 9.57. The highest BCUT2D eigenvalue weighted by Crippen LogP contribution is 2.36. The summed E-state index contributed by atoms with van der Waals surface area (Å²) in [5.74, 6) is 0.305. The normalized spacial score (nSPS) is 11.5. The van der Waals surface area contributed by atoms with E-state index in [9.17, 15) is 9.90 Å². The fourth-order valence-electron chi connectivity index (χ4n) is 4.42. The number of fused-ring (bicyclic) bond motifs is 1. The van der Waals surface area contributed by atoms with Crippen LogP contribution < -0.4 is 14.8 Å². The van der Waals surface area contributed by atoms with Crippen LogP contribution in [0.2, 0.25) is 10.0 Å². The number of aromatic nitrogens is 2. The van der Waals surface area contributed by atoms with Gasteiger partial charge in [0, 0.05) is 29.3 Å². The largest absolute Gasteiger partial charge is 0.488 e. The Bertz CT molecular complexity index is 1700. The lowest BCUT2D eigenvalue weighted by atomic mass is 10.0. The van der Waals surface area contributed by atoms with Crippen LogP contribution in [-0.2, 0) is 29.3 Å². The molecule has 0 aliphatic heterocycles. The van der Waals surface area contributed by atoms with E-state index >= 15 is 0 Å². The van der Waals surface area contributed by atoms with E-state index in [1.54, 1.807) is 25.1 Å². The van der Waals surface area contributed by atoms with Crippen LogP contribution in [0, 0.1) is 0 Å². The van der Waals surface area contributed by atoms with Crippen molar-refractivity contribution >= 4 is 52.6 Å². The summed E-state index contributed by atoms with van der Waals surface area (Å²) in [6.45, 7) is 2.00. The summed E-state index contributed by atoms with van der Waals surface area (Å²) < 4.78 is 22.2. The number of carbonyl (C=O) groups excluding carboxylic acids is 1. The van der Waals surface area contributed by atoms with Crippen LogP contribution >= 0.6 is 35.6 Å². The molecule has 1 aromatic heterocycles. The zero-order valence-electron chi connectivity index (χ0n) is 23.7. The molecule has 0 radical (unpaired) electrons. The molecule has 0 spiro atoms. The average molecular weight is 659 g/mol. The first-order chi connectivity index (χ1) is 21.0. The molecular weight excluding hydrogens is 629 g/mol. The van der Waals surface area contributed by atoms with Crippen molar-refractivity contribution in [1.29, 1.82) is 0 Å². The first kappa shape index (κ1) is 33.0. The van der Waals surface area contributed by atoms with Crippen LogP contribution in [-0.4, -0.2) is 40.6 Å². The highest BCUT2D eigenvalue weighted by molar-refractivity contribution is 6.34. The monoisotopic (exact) mass is 657 g/mol. The lowest BCUT2D eigenvalue weighted by Crippen LogP contribution is -2.40. The number of nitrogens with one attached hydrogen (secondary N) is 1. The topological polar surface area (TPSA) is 116 Å². The van der Waals surface area contributed by atoms with E-state index in [0.29, 0.717) is 38.1 Å². The second-order valence-corrected chi connectivity index (χ2v) is 10.4. The number of hydrogen-bond donors (Lipinski definition) is 2. The zero-order valence-corrected chi connectivity index (χ0v) is 26.0. The maximum atomic E-state index is 12.2. The van der Waals surface area contributed by atoms with Crippen molar-refractivity contribution in [2.24, 2.45) is 0 Å². The van der Waals surface area contributed by atoms with Crippen LogP contribution in [0.25, 0.3) is 22.2 Å². The van der Waals surface area contributed by atoms with Gasteiger partial charge in [0.25, 0.3) is 0 Å². The summed E-state index contributed by atoms with van der Waals surface area (Å²) in [4.78, 5) is 12.2. The van der Waals surface area contributed by atoms with Crippen LogP contribution in [0.1, 0.15) is 23.6 Å². The Morgan fingerprint density at radius 1 is 0.909 bits per heavy atom. The number of esters is 1. The summed E-state index contributed by atoms with van der Waals surface area (Å²) in [5, 5.41) is 21.4. The van der Waals surface area contributed by atoms with Gasteiger partial charge in [0.1, 0.15) is 41.8 Å². The molecule has 0 bridgehead atoms. The van der Waals surface area contributed by atoms with Gasteiger partial charge >= 0.3 is 5.97 Å². The Hall–Kier alpha value is -3.86. The third kappa shape index (κ3) is 7.99. The molecule has 0 amide bonds. The summed E-state index contributed by atoms with van der Waals surface area (Å²) >= 11 is 13.4. The van der Waals surface area contributed by atoms with Crippen molar-refractivity contribution in [3.05, 3.63) is 106 Å². The van der Waals surface area contributed by atoms with Crippen molar-refractivity contribution in [1.82, 2.24) is 15.6 Å². The summed E-state index contributed by atoms with van der Waals surface area (Å²) in [6.07, 6.45) is 0. The number of benzene rings is 4. The fourth-order valence-corrected chi connectivity index (χ4v) is 4.95. The number of ether oxygens (including phenoxy) is 3. The van der Waals surface area contributed by atoms with E-state index in [1.807, 2.05) is 60.7 Å². The Kier molecular flexibility index (Phi) is 11.8. The Labute approximate surface area is 270 Å². The molecule has 230 valence electrons.